The zero-order valence-corrected chi connectivity index (χ0v) is 11.6. The largest absolute Gasteiger partial charge is 0.320 e. The topological polar surface area (TPSA) is 26.0 Å². The van der Waals surface area contributed by atoms with E-state index in [9.17, 15) is 8.78 Å². The van der Waals surface area contributed by atoms with Gasteiger partial charge in [-0.05, 0) is 41.7 Å². The van der Waals surface area contributed by atoms with Crippen LogP contribution in [0.5, 0.6) is 0 Å². The van der Waals surface area contributed by atoms with Crippen molar-refractivity contribution in [1.82, 2.24) is 0 Å². The van der Waals surface area contributed by atoms with E-state index in [0.29, 0.717) is 5.56 Å². The smallest absolute Gasteiger partial charge is 0.126 e. The van der Waals surface area contributed by atoms with Gasteiger partial charge in [-0.25, -0.2) is 8.78 Å². The van der Waals surface area contributed by atoms with Crippen LogP contribution in [0.1, 0.15) is 42.5 Å². The number of hydrogen-bond acceptors (Lipinski definition) is 1. The maximum absolute atomic E-state index is 13.2. The summed E-state index contributed by atoms with van der Waals surface area (Å²) in [6.45, 7) is 2.16. The van der Waals surface area contributed by atoms with Crippen LogP contribution in [0.15, 0.2) is 42.5 Å². The van der Waals surface area contributed by atoms with Gasteiger partial charge in [-0.3, -0.25) is 0 Å². The van der Waals surface area contributed by atoms with E-state index in [-0.39, 0.29) is 0 Å². The molecule has 2 aromatic carbocycles. The van der Waals surface area contributed by atoms with Crippen molar-refractivity contribution in [2.45, 2.75) is 32.2 Å². The summed E-state index contributed by atoms with van der Waals surface area (Å²) >= 11 is 0. The highest BCUT2D eigenvalue weighted by atomic mass is 19.1. The van der Waals surface area contributed by atoms with Crippen LogP contribution in [-0.2, 0) is 6.42 Å². The summed E-state index contributed by atoms with van der Waals surface area (Å²) in [5.41, 5.74) is 8.63. The lowest BCUT2D eigenvalue weighted by molar-refractivity contribution is 0.577. The lowest BCUT2D eigenvalue weighted by Crippen LogP contribution is -2.12. The molecule has 0 radical (unpaired) electrons. The fourth-order valence-corrected chi connectivity index (χ4v) is 2.22. The van der Waals surface area contributed by atoms with Gasteiger partial charge in [0.05, 0.1) is 6.04 Å². The Labute approximate surface area is 118 Å². The summed E-state index contributed by atoms with van der Waals surface area (Å²) in [6, 6.07) is 10.8. The molecule has 0 bridgehead atoms. The number of rotatable bonds is 5. The van der Waals surface area contributed by atoms with Crippen molar-refractivity contribution in [3.8, 4) is 0 Å². The summed E-state index contributed by atoms with van der Waals surface area (Å²) in [5, 5.41) is 0. The zero-order chi connectivity index (χ0) is 14.5. The van der Waals surface area contributed by atoms with Gasteiger partial charge in [-0.15, -0.1) is 0 Å². The van der Waals surface area contributed by atoms with Crippen molar-refractivity contribution in [3.63, 3.8) is 0 Å². The van der Waals surface area contributed by atoms with E-state index in [1.165, 1.54) is 17.7 Å². The Morgan fingerprint density at radius 1 is 0.950 bits per heavy atom. The maximum atomic E-state index is 13.2. The van der Waals surface area contributed by atoms with Crippen LogP contribution in [0.4, 0.5) is 8.78 Å². The number of benzene rings is 2. The standard InChI is InChI=1S/C17H19F2N/c1-2-3-4-12-5-7-13(8-6-12)17(20)14-9-15(18)11-16(19)10-14/h5-11,17H,2-4,20H2,1H3. The molecule has 3 heteroatoms. The molecule has 2 rings (SSSR count). The molecule has 106 valence electrons. The van der Waals surface area contributed by atoms with Crippen LogP contribution in [-0.4, -0.2) is 0 Å². The van der Waals surface area contributed by atoms with Crippen molar-refractivity contribution < 1.29 is 8.78 Å². The van der Waals surface area contributed by atoms with Crippen LogP contribution in [0.25, 0.3) is 0 Å². The third-order valence-electron chi connectivity index (χ3n) is 3.40. The molecule has 0 saturated carbocycles. The summed E-state index contributed by atoms with van der Waals surface area (Å²) in [5.74, 6) is -1.20. The number of nitrogens with two attached hydrogens (primary N) is 1. The molecule has 0 fully saturated rings. The number of halogens is 2. The quantitative estimate of drug-likeness (QED) is 0.862. The predicted molar refractivity (Wildman–Crippen MR) is 77.4 cm³/mol. The molecule has 2 aromatic rings. The lowest BCUT2D eigenvalue weighted by Gasteiger charge is -2.13. The summed E-state index contributed by atoms with van der Waals surface area (Å²) in [7, 11) is 0. The van der Waals surface area contributed by atoms with Crippen LogP contribution < -0.4 is 5.73 Å². The van der Waals surface area contributed by atoms with Crippen molar-refractivity contribution in [2.75, 3.05) is 0 Å². The van der Waals surface area contributed by atoms with E-state index in [0.717, 1.165) is 30.9 Å². The molecule has 0 aromatic heterocycles. The van der Waals surface area contributed by atoms with E-state index in [1.807, 2.05) is 24.3 Å². The second-order valence-corrected chi connectivity index (χ2v) is 5.03. The SMILES string of the molecule is CCCCc1ccc(C(N)c2cc(F)cc(F)c2)cc1. The zero-order valence-electron chi connectivity index (χ0n) is 11.6. The third-order valence-corrected chi connectivity index (χ3v) is 3.40. The van der Waals surface area contributed by atoms with Crippen molar-refractivity contribution >= 4 is 0 Å². The second-order valence-electron chi connectivity index (χ2n) is 5.03. The van der Waals surface area contributed by atoms with Crippen LogP contribution in [0.3, 0.4) is 0 Å². The lowest BCUT2D eigenvalue weighted by atomic mass is 9.97. The molecule has 0 spiro atoms. The predicted octanol–water partition coefficient (Wildman–Crippen LogP) is 4.36. The molecule has 0 saturated heterocycles. The molecule has 0 amide bonds. The Balaban J connectivity index is 2.17. The van der Waals surface area contributed by atoms with Crippen molar-refractivity contribution in [2.24, 2.45) is 5.73 Å². The molecule has 0 aliphatic carbocycles. The highest BCUT2D eigenvalue weighted by molar-refractivity contribution is 5.33. The van der Waals surface area contributed by atoms with E-state index >= 15 is 0 Å². The van der Waals surface area contributed by atoms with Gasteiger partial charge < -0.3 is 5.73 Å². The first-order valence-corrected chi connectivity index (χ1v) is 6.90. The molecule has 2 N–H and O–H groups in total. The van der Waals surface area contributed by atoms with Crippen LogP contribution in [0, 0.1) is 11.6 Å². The molecule has 1 unspecified atom stereocenters. The number of hydrogen-bond donors (Lipinski definition) is 1. The third kappa shape index (κ3) is 3.64. The fourth-order valence-electron chi connectivity index (χ4n) is 2.22. The van der Waals surface area contributed by atoms with Crippen LogP contribution >= 0.6 is 0 Å². The average Bonchev–Trinajstić information content (AvgIpc) is 2.44. The average molecular weight is 275 g/mol. The minimum absolute atomic E-state index is 0.448. The number of aryl methyl sites for hydroxylation is 1. The molecule has 20 heavy (non-hydrogen) atoms. The Morgan fingerprint density at radius 2 is 1.55 bits per heavy atom. The van der Waals surface area contributed by atoms with Gasteiger partial charge in [0.25, 0.3) is 0 Å². The highest BCUT2D eigenvalue weighted by Gasteiger charge is 2.11. The van der Waals surface area contributed by atoms with E-state index in [4.69, 9.17) is 5.73 Å². The number of unbranched alkanes of at least 4 members (excludes halogenated alkanes) is 1. The highest BCUT2D eigenvalue weighted by Crippen LogP contribution is 2.22. The monoisotopic (exact) mass is 275 g/mol. The molecule has 1 nitrogen and oxygen atoms in total. The van der Waals surface area contributed by atoms with Gasteiger partial charge in [-0.1, -0.05) is 37.6 Å². The first-order chi connectivity index (χ1) is 9.60. The van der Waals surface area contributed by atoms with Crippen molar-refractivity contribution in [1.29, 1.82) is 0 Å². The minimum atomic E-state index is -0.602. The normalized spacial score (nSPS) is 12.4. The van der Waals surface area contributed by atoms with E-state index < -0.39 is 17.7 Å². The maximum Gasteiger partial charge on any atom is 0.126 e. The van der Waals surface area contributed by atoms with Crippen molar-refractivity contribution in [3.05, 3.63) is 70.8 Å². The first kappa shape index (κ1) is 14.7. The fraction of sp³-hybridized carbons (Fsp3) is 0.294. The molecular formula is C17H19F2N. The molecule has 0 aliphatic heterocycles. The first-order valence-electron chi connectivity index (χ1n) is 6.90. The van der Waals surface area contributed by atoms with Gasteiger partial charge in [0, 0.05) is 6.07 Å². The van der Waals surface area contributed by atoms with E-state index in [1.54, 1.807) is 0 Å². The molecule has 1 atom stereocenters. The van der Waals surface area contributed by atoms with Gasteiger partial charge in [0.2, 0.25) is 0 Å². The Hall–Kier alpha value is -1.74. The van der Waals surface area contributed by atoms with Crippen LogP contribution in [0.2, 0.25) is 0 Å². The Bertz CT molecular complexity index is 543. The summed E-state index contributed by atoms with van der Waals surface area (Å²) < 4.78 is 26.4. The summed E-state index contributed by atoms with van der Waals surface area (Å²) in [6.07, 6.45) is 3.35. The molecular weight excluding hydrogens is 256 g/mol. The Morgan fingerprint density at radius 3 is 2.10 bits per heavy atom. The second kappa shape index (κ2) is 6.62. The van der Waals surface area contributed by atoms with Gasteiger partial charge in [-0.2, -0.15) is 0 Å². The Kier molecular flexibility index (Phi) is 4.85. The van der Waals surface area contributed by atoms with Gasteiger partial charge in [0.15, 0.2) is 0 Å². The summed E-state index contributed by atoms with van der Waals surface area (Å²) in [4.78, 5) is 0. The molecule has 0 aliphatic rings. The van der Waals surface area contributed by atoms with Gasteiger partial charge >= 0.3 is 0 Å². The van der Waals surface area contributed by atoms with E-state index in [2.05, 4.69) is 6.92 Å². The molecule has 0 heterocycles. The van der Waals surface area contributed by atoms with Gasteiger partial charge in [0.1, 0.15) is 11.6 Å². The minimum Gasteiger partial charge on any atom is -0.320 e.